The van der Waals surface area contributed by atoms with Crippen molar-refractivity contribution in [2.75, 3.05) is 0 Å². The number of hydrogen-bond donors (Lipinski definition) is 0. The van der Waals surface area contributed by atoms with Crippen molar-refractivity contribution in [3.05, 3.63) is 66.6 Å². The van der Waals surface area contributed by atoms with Crippen molar-refractivity contribution in [2.45, 2.75) is 19.3 Å². The number of hydrogen-bond acceptors (Lipinski definition) is 0. The number of aryl methyl sites for hydroxylation is 1. The minimum absolute atomic E-state index is 0.740. The first-order valence-corrected chi connectivity index (χ1v) is 6.68. The SMILES string of the molecule is [C]#CCCCc1cccc2cc3ccccc3cc12. The van der Waals surface area contributed by atoms with Crippen LogP contribution in [0.4, 0.5) is 0 Å². The van der Waals surface area contributed by atoms with Gasteiger partial charge in [-0.2, -0.15) is 0 Å². The molecule has 3 rings (SSSR count). The van der Waals surface area contributed by atoms with Crippen LogP contribution in [0.2, 0.25) is 0 Å². The average molecular weight is 243 g/mol. The van der Waals surface area contributed by atoms with Crippen LogP contribution in [0.1, 0.15) is 18.4 Å². The molecule has 0 nitrogen and oxygen atoms in total. The van der Waals surface area contributed by atoms with Gasteiger partial charge in [0.1, 0.15) is 0 Å². The lowest BCUT2D eigenvalue weighted by Crippen LogP contribution is -1.87. The van der Waals surface area contributed by atoms with Crippen LogP contribution in [0.15, 0.2) is 54.6 Å². The Morgan fingerprint density at radius 3 is 2.37 bits per heavy atom. The summed E-state index contributed by atoms with van der Waals surface area (Å²) in [6.07, 6.45) is 9.74. The summed E-state index contributed by atoms with van der Waals surface area (Å²) < 4.78 is 0. The average Bonchev–Trinajstić information content (AvgIpc) is 2.46. The summed E-state index contributed by atoms with van der Waals surface area (Å²) in [6.45, 7) is 0. The van der Waals surface area contributed by atoms with Crippen LogP contribution in [-0.2, 0) is 6.42 Å². The van der Waals surface area contributed by atoms with Crippen molar-refractivity contribution in [2.24, 2.45) is 0 Å². The fourth-order valence-corrected chi connectivity index (χ4v) is 2.62. The van der Waals surface area contributed by atoms with Gasteiger partial charge in [-0.15, -0.1) is 0 Å². The molecule has 19 heavy (non-hydrogen) atoms. The van der Waals surface area contributed by atoms with E-state index in [1.807, 2.05) is 0 Å². The molecule has 0 saturated heterocycles. The van der Waals surface area contributed by atoms with Gasteiger partial charge in [0, 0.05) is 6.42 Å². The van der Waals surface area contributed by atoms with Gasteiger partial charge in [-0.25, -0.2) is 0 Å². The number of benzene rings is 3. The summed E-state index contributed by atoms with van der Waals surface area (Å²) >= 11 is 0. The highest BCUT2D eigenvalue weighted by Gasteiger charge is 2.02. The molecule has 0 heterocycles. The third-order valence-corrected chi connectivity index (χ3v) is 3.58. The maximum atomic E-state index is 6.99. The minimum Gasteiger partial charge on any atom is -0.0891 e. The van der Waals surface area contributed by atoms with Crippen molar-refractivity contribution >= 4 is 21.5 Å². The molecule has 91 valence electrons. The molecule has 0 fully saturated rings. The van der Waals surface area contributed by atoms with Gasteiger partial charge in [-0.3, -0.25) is 0 Å². The Bertz CT molecular complexity index is 760. The fraction of sp³-hybridized carbons (Fsp3) is 0.158. The van der Waals surface area contributed by atoms with Crippen molar-refractivity contribution < 1.29 is 0 Å². The van der Waals surface area contributed by atoms with Crippen LogP contribution in [-0.4, -0.2) is 0 Å². The van der Waals surface area contributed by atoms with Crippen molar-refractivity contribution in [1.82, 2.24) is 0 Å². The molecule has 0 bridgehead atoms. The largest absolute Gasteiger partial charge is 0.0891 e. The van der Waals surface area contributed by atoms with Crippen LogP contribution in [0.5, 0.6) is 0 Å². The van der Waals surface area contributed by atoms with Crippen LogP contribution in [0.3, 0.4) is 0 Å². The molecule has 0 aliphatic carbocycles. The van der Waals surface area contributed by atoms with E-state index in [0.717, 1.165) is 19.3 Å². The van der Waals surface area contributed by atoms with Gasteiger partial charge in [0.2, 0.25) is 0 Å². The monoisotopic (exact) mass is 243 g/mol. The molecule has 0 amide bonds. The smallest absolute Gasteiger partial charge is 0.0102 e. The van der Waals surface area contributed by atoms with Gasteiger partial charge < -0.3 is 0 Å². The van der Waals surface area contributed by atoms with Crippen molar-refractivity contribution in [1.29, 1.82) is 0 Å². The molecule has 0 saturated carbocycles. The highest BCUT2D eigenvalue weighted by atomic mass is 14.1. The van der Waals surface area contributed by atoms with Gasteiger partial charge in [-0.05, 0) is 58.5 Å². The summed E-state index contributed by atoms with van der Waals surface area (Å²) in [5, 5.41) is 5.22. The number of rotatable bonds is 3. The van der Waals surface area contributed by atoms with E-state index >= 15 is 0 Å². The molecule has 0 aromatic heterocycles. The van der Waals surface area contributed by atoms with Crippen LogP contribution < -0.4 is 0 Å². The third kappa shape index (κ3) is 2.33. The van der Waals surface area contributed by atoms with E-state index in [-0.39, 0.29) is 0 Å². The van der Waals surface area contributed by atoms with E-state index in [2.05, 4.69) is 60.5 Å². The van der Waals surface area contributed by atoms with E-state index < -0.39 is 0 Å². The Morgan fingerprint density at radius 2 is 1.58 bits per heavy atom. The summed E-state index contributed by atoms with van der Waals surface area (Å²) in [6, 6.07) is 19.5. The van der Waals surface area contributed by atoms with E-state index in [4.69, 9.17) is 6.42 Å². The van der Waals surface area contributed by atoms with Crippen LogP contribution in [0.25, 0.3) is 21.5 Å². The topological polar surface area (TPSA) is 0 Å². The predicted octanol–water partition coefficient (Wildman–Crippen LogP) is 4.91. The second-order valence-corrected chi connectivity index (χ2v) is 4.87. The third-order valence-electron chi connectivity index (χ3n) is 3.58. The maximum Gasteiger partial charge on any atom is 0.0102 e. The molecule has 3 aromatic carbocycles. The number of unbranched alkanes of at least 4 members (excludes halogenated alkanes) is 1. The second-order valence-electron chi connectivity index (χ2n) is 4.87. The maximum absolute atomic E-state index is 6.99. The van der Waals surface area contributed by atoms with E-state index in [1.54, 1.807) is 0 Å². The van der Waals surface area contributed by atoms with Gasteiger partial charge in [0.15, 0.2) is 0 Å². The summed E-state index contributed by atoms with van der Waals surface area (Å²) in [7, 11) is 0. The van der Waals surface area contributed by atoms with Crippen molar-refractivity contribution in [3.63, 3.8) is 0 Å². The Labute approximate surface area is 114 Å². The number of fused-ring (bicyclic) bond motifs is 2. The molecule has 0 N–H and O–H groups in total. The molecule has 0 aliphatic heterocycles. The van der Waals surface area contributed by atoms with E-state index in [1.165, 1.54) is 27.1 Å². The lowest BCUT2D eigenvalue weighted by molar-refractivity contribution is 0.863. The molecule has 3 aromatic rings. The van der Waals surface area contributed by atoms with Gasteiger partial charge >= 0.3 is 0 Å². The normalized spacial score (nSPS) is 10.7. The zero-order valence-electron chi connectivity index (χ0n) is 10.8. The van der Waals surface area contributed by atoms with Gasteiger partial charge in [0.05, 0.1) is 0 Å². The van der Waals surface area contributed by atoms with Crippen LogP contribution >= 0.6 is 0 Å². The van der Waals surface area contributed by atoms with Gasteiger partial charge in [0.25, 0.3) is 0 Å². The highest BCUT2D eigenvalue weighted by Crippen LogP contribution is 2.26. The molecule has 0 spiro atoms. The summed E-state index contributed by atoms with van der Waals surface area (Å²) in [5.41, 5.74) is 1.37. The predicted molar refractivity (Wildman–Crippen MR) is 81.5 cm³/mol. The Kier molecular flexibility index (Phi) is 3.21. The quantitative estimate of drug-likeness (QED) is 0.348. The molecule has 0 aliphatic rings. The van der Waals surface area contributed by atoms with E-state index in [0.29, 0.717) is 0 Å². The van der Waals surface area contributed by atoms with E-state index in [9.17, 15) is 0 Å². The first-order chi connectivity index (χ1) is 9.38. The summed E-state index contributed by atoms with van der Waals surface area (Å²) in [4.78, 5) is 0. The zero-order valence-corrected chi connectivity index (χ0v) is 10.8. The highest BCUT2D eigenvalue weighted by molar-refractivity contribution is 5.99. The molecular weight excluding hydrogens is 228 g/mol. The second kappa shape index (κ2) is 5.16. The molecule has 0 atom stereocenters. The van der Waals surface area contributed by atoms with Crippen LogP contribution in [0, 0.1) is 12.3 Å². The zero-order chi connectivity index (χ0) is 13.1. The Balaban J connectivity index is 2.13. The molecule has 1 radical (unpaired) electrons. The summed E-state index contributed by atoms with van der Waals surface area (Å²) in [5.74, 6) is 2.47. The Morgan fingerprint density at radius 1 is 0.842 bits per heavy atom. The standard InChI is InChI=1S/C19H15/c1-2-3-4-8-15-11-7-12-18-13-16-9-5-6-10-17(16)14-19(15)18/h5-7,9-14H,3-4,8H2. The first kappa shape index (κ1) is 11.8. The molecule has 0 unspecified atom stereocenters. The van der Waals surface area contributed by atoms with Gasteiger partial charge in [-0.1, -0.05) is 48.4 Å². The van der Waals surface area contributed by atoms with Crippen molar-refractivity contribution in [3.8, 4) is 5.92 Å². The minimum atomic E-state index is 0.740. The lowest BCUT2D eigenvalue weighted by Gasteiger charge is -2.07. The fourth-order valence-electron chi connectivity index (χ4n) is 2.62. The Hall–Kier alpha value is -2.26. The molecular formula is C19H15. The first-order valence-electron chi connectivity index (χ1n) is 6.68. The molecule has 0 heteroatoms. The lowest BCUT2D eigenvalue weighted by atomic mass is 9.97.